The van der Waals surface area contributed by atoms with Crippen LogP contribution in [0.5, 0.6) is 0 Å². The molecule has 0 amide bonds. The fraction of sp³-hybridized carbons (Fsp3) is 0.333. The average Bonchev–Trinajstić information content (AvgIpc) is 2.48. The monoisotopic (exact) mass is 281 g/mol. The van der Waals surface area contributed by atoms with E-state index in [-0.39, 0.29) is 0 Å². The lowest BCUT2D eigenvalue weighted by molar-refractivity contribution is 0.745. The zero-order valence-electron chi connectivity index (χ0n) is 12.7. The Hall–Kier alpha value is -1.54. The number of fused-ring (bicyclic) bond motifs is 1. The van der Waals surface area contributed by atoms with Crippen molar-refractivity contribution in [1.82, 2.24) is 0 Å². The highest BCUT2D eigenvalue weighted by atomic mass is 28.3. The van der Waals surface area contributed by atoms with Gasteiger partial charge in [0, 0.05) is 19.3 Å². The molecule has 1 heterocycles. The molecule has 0 radical (unpaired) electrons. The van der Waals surface area contributed by atoms with Crippen LogP contribution in [0.25, 0.3) is 0 Å². The first-order chi connectivity index (χ1) is 9.59. The molecule has 3 rings (SSSR count). The van der Waals surface area contributed by atoms with E-state index in [9.17, 15) is 0 Å². The van der Waals surface area contributed by atoms with Crippen molar-refractivity contribution in [2.75, 3.05) is 18.5 Å². The molecule has 2 heteroatoms. The van der Waals surface area contributed by atoms with Crippen molar-refractivity contribution >= 4 is 24.1 Å². The smallest absolute Gasteiger partial charge is 0.112 e. The molecular formula is C18H23NSi. The van der Waals surface area contributed by atoms with Crippen molar-refractivity contribution in [3.8, 4) is 0 Å². The number of benzene rings is 2. The summed E-state index contributed by atoms with van der Waals surface area (Å²) in [5.41, 5.74) is 2.96. The minimum Gasteiger partial charge on any atom is -0.374 e. The van der Waals surface area contributed by atoms with Crippen molar-refractivity contribution in [2.24, 2.45) is 0 Å². The molecule has 2 aromatic rings. The van der Waals surface area contributed by atoms with Crippen LogP contribution in [0.2, 0.25) is 13.1 Å². The third kappa shape index (κ3) is 2.29. The van der Waals surface area contributed by atoms with Gasteiger partial charge in [0.25, 0.3) is 0 Å². The lowest BCUT2D eigenvalue weighted by Crippen LogP contribution is -2.53. The standard InChI is InChI=1S/C18H23NSi/c1-19-13-7-8-15-11-12-17(14-18(15)19)20(2,3)16-9-5-4-6-10-16/h4-6,9-12,14H,7-8,13H2,1-3H3. The Labute approximate surface area is 123 Å². The number of rotatable bonds is 2. The van der Waals surface area contributed by atoms with E-state index in [1.54, 1.807) is 0 Å². The topological polar surface area (TPSA) is 3.24 Å². The number of aryl methyl sites for hydroxylation is 1. The highest BCUT2D eigenvalue weighted by Gasteiger charge is 2.27. The molecule has 0 saturated carbocycles. The maximum Gasteiger partial charge on any atom is 0.112 e. The molecule has 2 aromatic carbocycles. The zero-order valence-corrected chi connectivity index (χ0v) is 13.7. The zero-order chi connectivity index (χ0) is 14.2. The summed E-state index contributed by atoms with van der Waals surface area (Å²) in [6, 6.07) is 18.2. The van der Waals surface area contributed by atoms with Crippen LogP contribution in [0.1, 0.15) is 12.0 Å². The van der Waals surface area contributed by atoms with Gasteiger partial charge in [0.1, 0.15) is 8.07 Å². The average molecular weight is 281 g/mol. The second-order valence-electron chi connectivity index (χ2n) is 6.36. The summed E-state index contributed by atoms with van der Waals surface area (Å²) in [6.45, 7) is 6.09. The van der Waals surface area contributed by atoms with E-state index >= 15 is 0 Å². The minimum atomic E-state index is -1.57. The molecule has 1 aliphatic heterocycles. The van der Waals surface area contributed by atoms with Gasteiger partial charge in [0.15, 0.2) is 0 Å². The lowest BCUT2D eigenvalue weighted by atomic mass is 10.0. The van der Waals surface area contributed by atoms with Crippen molar-refractivity contribution in [3.05, 3.63) is 54.1 Å². The quantitative estimate of drug-likeness (QED) is 0.765. The molecule has 1 nitrogen and oxygen atoms in total. The SMILES string of the molecule is CN1CCCc2ccc([Si](C)(C)c3ccccc3)cc21. The van der Waals surface area contributed by atoms with Crippen LogP contribution in [0.3, 0.4) is 0 Å². The van der Waals surface area contributed by atoms with Gasteiger partial charge in [-0.15, -0.1) is 0 Å². The predicted molar refractivity (Wildman–Crippen MR) is 91.2 cm³/mol. The van der Waals surface area contributed by atoms with Crippen molar-refractivity contribution < 1.29 is 0 Å². The van der Waals surface area contributed by atoms with Gasteiger partial charge >= 0.3 is 0 Å². The van der Waals surface area contributed by atoms with Crippen LogP contribution in [0, 0.1) is 0 Å². The molecule has 0 unspecified atom stereocenters. The summed E-state index contributed by atoms with van der Waals surface area (Å²) in [5.74, 6) is 0. The van der Waals surface area contributed by atoms with E-state index in [0.717, 1.165) is 0 Å². The van der Waals surface area contributed by atoms with Crippen LogP contribution in [0.4, 0.5) is 5.69 Å². The lowest BCUT2D eigenvalue weighted by Gasteiger charge is -2.31. The highest BCUT2D eigenvalue weighted by molar-refractivity contribution is 7.00. The summed E-state index contributed by atoms with van der Waals surface area (Å²) in [5, 5.41) is 3.05. The normalized spacial score (nSPS) is 15.1. The number of anilines is 1. The Kier molecular flexibility index (Phi) is 3.43. The molecule has 0 N–H and O–H groups in total. The first-order valence-corrected chi connectivity index (χ1v) is 10.5. The molecule has 0 saturated heterocycles. The molecule has 20 heavy (non-hydrogen) atoms. The van der Waals surface area contributed by atoms with Crippen LogP contribution in [-0.4, -0.2) is 21.7 Å². The van der Waals surface area contributed by atoms with E-state index in [4.69, 9.17) is 0 Å². The van der Waals surface area contributed by atoms with Crippen LogP contribution in [-0.2, 0) is 6.42 Å². The maximum atomic E-state index is 2.45. The predicted octanol–water partition coefficient (Wildman–Crippen LogP) is 2.89. The third-order valence-corrected chi connectivity index (χ3v) is 8.18. The van der Waals surface area contributed by atoms with Gasteiger partial charge in [-0.25, -0.2) is 0 Å². The molecule has 0 spiro atoms. The molecule has 0 aromatic heterocycles. The summed E-state index contributed by atoms with van der Waals surface area (Å²) < 4.78 is 0. The first kappa shape index (κ1) is 13.4. The largest absolute Gasteiger partial charge is 0.374 e. The van der Waals surface area contributed by atoms with Crippen molar-refractivity contribution in [1.29, 1.82) is 0 Å². The summed E-state index contributed by atoms with van der Waals surface area (Å²) in [6.07, 6.45) is 2.51. The molecular weight excluding hydrogens is 258 g/mol. The van der Waals surface area contributed by atoms with Crippen molar-refractivity contribution in [2.45, 2.75) is 25.9 Å². The molecule has 104 valence electrons. The van der Waals surface area contributed by atoms with E-state index in [1.165, 1.54) is 41.0 Å². The van der Waals surface area contributed by atoms with E-state index in [2.05, 4.69) is 73.6 Å². The van der Waals surface area contributed by atoms with Crippen LogP contribution >= 0.6 is 0 Å². The number of nitrogens with zero attached hydrogens (tertiary/aromatic N) is 1. The van der Waals surface area contributed by atoms with Gasteiger partial charge in [0.05, 0.1) is 0 Å². The van der Waals surface area contributed by atoms with Gasteiger partial charge in [-0.3, -0.25) is 0 Å². The highest BCUT2D eigenvalue weighted by Crippen LogP contribution is 2.25. The maximum absolute atomic E-state index is 2.45. The van der Waals surface area contributed by atoms with Gasteiger partial charge < -0.3 is 4.90 Å². The second-order valence-corrected chi connectivity index (χ2v) is 10.8. The summed E-state index contributed by atoms with van der Waals surface area (Å²) >= 11 is 0. The fourth-order valence-electron chi connectivity index (χ4n) is 3.17. The van der Waals surface area contributed by atoms with E-state index in [1.807, 2.05) is 0 Å². The molecule has 0 fully saturated rings. The van der Waals surface area contributed by atoms with Gasteiger partial charge in [-0.05, 0) is 24.5 Å². The number of hydrogen-bond donors (Lipinski definition) is 0. The third-order valence-electron chi connectivity index (χ3n) is 4.65. The molecule has 0 bridgehead atoms. The second kappa shape index (κ2) is 5.10. The fourth-order valence-corrected chi connectivity index (χ4v) is 5.52. The summed E-state index contributed by atoms with van der Waals surface area (Å²) in [4.78, 5) is 2.41. The van der Waals surface area contributed by atoms with Crippen molar-refractivity contribution in [3.63, 3.8) is 0 Å². The Morgan fingerprint density at radius 2 is 1.70 bits per heavy atom. The minimum absolute atomic E-state index is 1.18. The number of hydrogen-bond acceptors (Lipinski definition) is 1. The Morgan fingerprint density at radius 3 is 2.45 bits per heavy atom. The van der Waals surface area contributed by atoms with Gasteiger partial charge in [0.2, 0.25) is 0 Å². The summed E-state index contributed by atoms with van der Waals surface area (Å²) in [7, 11) is 0.650. The molecule has 0 atom stereocenters. The Balaban J connectivity index is 2.04. The van der Waals surface area contributed by atoms with Crippen LogP contribution in [0.15, 0.2) is 48.5 Å². The molecule has 1 aliphatic rings. The first-order valence-electron chi connectivity index (χ1n) is 7.49. The Bertz CT molecular complexity index is 604. The Morgan fingerprint density at radius 1 is 0.950 bits per heavy atom. The van der Waals surface area contributed by atoms with Gasteiger partial charge in [-0.1, -0.05) is 65.9 Å². The molecule has 0 aliphatic carbocycles. The van der Waals surface area contributed by atoms with Gasteiger partial charge in [-0.2, -0.15) is 0 Å². The van der Waals surface area contributed by atoms with E-state index < -0.39 is 8.07 Å². The van der Waals surface area contributed by atoms with Crippen LogP contribution < -0.4 is 15.3 Å². The van der Waals surface area contributed by atoms with E-state index in [0.29, 0.717) is 0 Å².